The van der Waals surface area contributed by atoms with E-state index in [4.69, 9.17) is 4.74 Å². The topological polar surface area (TPSA) is 12.2 Å². The molecule has 0 aromatic heterocycles. The van der Waals surface area contributed by atoms with Crippen LogP contribution in [-0.4, -0.2) is 29.7 Å². The summed E-state index contributed by atoms with van der Waals surface area (Å²) < 4.78 is 9.06. The van der Waals surface area contributed by atoms with Crippen LogP contribution in [0.4, 0.5) is 0 Å². The Labute approximate surface area is 144 Å². The van der Waals surface area contributed by atoms with Gasteiger partial charge in [0.05, 0.1) is 12.5 Å². The highest BCUT2D eigenvalue weighted by Crippen LogP contribution is 2.43. The largest absolute Gasteiger partial charge is 0.319 e. The molecule has 3 atom stereocenters. The molecule has 2 heterocycles. The highest BCUT2D eigenvalue weighted by atomic mass is 16.5. The molecular formula is C21H40NO+. The summed E-state index contributed by atoms with van der Waals surface area (Å²) in [6.07, 6.45) is 18.9. The molecule has 2 aliphatic heterocycles. The van der Waals surface area contributed by atoms with Gasteiger partial charge in [0.1, 0.15) is 12.8 Å². The summed E-state index contributed by atoms with van der Waals surface area (Å²) in [6.45, 7) is 8.86. The van der Waals surface area contributed by atoms with Crippen LogP contribution in [0, 0.1) is 11.8 Å². The van der Waals surface area contributed by atoms with E-state index < -0.39 is 0 Å². The Balaban J connectivity index is 2.03. The number of hydrogen-bond donors (Lipinski definition) is 0. The van der Waals surface area contributed by atoms with Crippen LogP contribution in [0.1, 0.15) is 97.8 Å². The Morgan fingerprint density at radius 3 is 2.48 bits per heavy atom. The smallest absolute Gasteiger partial charge is 0.269 e. The monoisotopic (exact) mass is 322 g/mol. The van der Waals surface area contributed by atoms with Gasteiger partial charge in [-0.1, -0.05) is 58.8 Å². The van der Waals surface area contributed by atoms with E-state index >= 15 is 0 Å². The predicted molar refractivity (Wildman–Crippen MR) is 99.3 cm³/mol. The highest BCUT2D eigenvalue weighted by Gasteiger charge is 2.55. The molecule has 23 heavy (non-hydrogen) atoms. The lowest BCUT2D eigenvalue weighted by molar-refractivity contribution is -0.656. The van der Waals surface area contributed by atoms with Gasteiger partial charge in [-0.25, -0.2) is 4.58 Å². The van der Waals surface area contributed by atoms with E-state index in [0.717, 1.165) is 18.4 Å². The minimum atomic E-state index is 0.0578. The number of rotatable bonds is 11. The minimum absolute atomic E-state index is 0.0578. The second-order valence-corrected chi connectivity index (χ2v) is 7.76. The fourth-order valence-electron chi connectivity index (χ4n) is 4.87. The summed E-state index contributed by atoms with van der Waals surface area (Å²) in [5.41, 5.74) is 0.0578. The summed E-state index contributed by atoms with van der Waals surface area (Å²) in [7, 11) is 0. The SMILES string of the molecule is CCCCCCC1CC(CCCCC)C=[N+]2CCCC12OCC. The number of ether oxygens (including phenoxy) is 1. The molecular weight excluding hydrogens is 282 g/mol. The molecule has 1 fully saturated rings. The van der Waals surface area contributed by atoms with Crippen molar-refractivity contribution >= 4 is 6.21 Å². The van der Waals surface area contributed by atoms with Gasteiger partial charge < -0.3 is 4.74 Å². The summed E-state index contributed by atoms with van der Waals surface area (Å²) >= 11 is 0. The van der Waals surface area contributed by atoms with E-state index in [-0.39, 0.29) is 5.72 Å². The molecule has 2 heteroatoms. The molecule has 0 radical (unpaired) electrons. The fourth-order valence-corrected chi connectivity index (χ4v) is 4.87. The highest BCUT2D eigenvalue weighted by molar-refractivity contribution is 5.56. The molecule has 0 aromatic carbocycles. The van der Waals surface area contributed by atoms with E-state index in [0.29, 0.717) is 0 Å². The molecule has 1 saturated heterocycles. The lowest BCUT2D eigenvalue weighted by Gasteiger charge is -2.38. The van der Waals surface area contributed by atoms with Gasteiger partial charge in [0.25, 0.3) is 5.72 Å². The van der Waals surface area contributed by atoms with Crippen LogP contribution in [0.2, 0.25) is 0 Å². The Morgan fingerprint density at radius 2 is 1.74 bits per heavy atom. The third-order valence-corrected chi connectivity index (χ3v) is 6.02. The predicted octanol–water partition coefficient (Wildman–Crippen LogP) is 5.78. The first-order chi connectivity index (χ1) is 11.3. The van der Waals surface area contributed by atoms with Crippen molar-refractivity contribution in [1.29, 1.82) is 0 Å². The maximum Gasteiger partial charge on any atom is 0.269 e. The maximum absolute atomic E-state index is 6.43. The molecule has 0 amide bonds. The van der Waals surface area contributed by atoms with Crippen molar-refractivity contribution in [3.8, 4) is 0 Å². The van der Waals surface area contributed by atoms with E-state index in [2.05, 4.69) is 31.6 Å². The molecule has 0 aromatic rings. The third kappa shape index (κ3) is 4.81. The van der Waals surface area contributed by atoms with Crippen molar-refractivity contribution in [2.75, 3.05) is 13.2 Å². The lowest BCUT2D eigenvalue weighted by atomic mass is 9.78. The third-order valence-electron chi connectivity index (χ3n) is 6.02. The number of nitrogens with zero attached hydrogens (tertiary/aromatic N) is 1. The second kappa shape index (κ2) is 9.81. The van der Waals surface area contributed by atoms with Crippen LogP contribution in [0.3, 0.4) is 0 Å². The van der Waals surface area contributed by atoms with E-state index in [1.54, 1.807) is 0 Å². The first-order valence-corrected chi connectivity index (χ1v) is 10.5. The second-order valence-electron chi connectivity index (χ2n) is 7.76. The number of unbranched alkanes of at least 4 members (excludes halogenated alkanes) is 5. The van der Waals surface area contributed by atoms with E-state index in [1.807, 2.05) is 0 Å². The summed E-state index contributed by atoms with van der Waals surface area (Å²) in [4.78, 5) is 0. The van der Waals surface area contributed by atoms with Crippen molar-refractivity contribution in [2.24, 2.45) is 11.8 Å². The normalized spacial score (nSPS) is 30.3. The van der Waals surface area contributed by atoms with Crippen molar-refractivity contribution in [3.63, 3.8) is 0 Å². The summed E-state index contributed by atoms with van der Waals surface area (Å²) in [5, 5.41) is 0. The zero-order valence-corrected chi connectivity index (χ0v) is 16.0. The van der Waals surface area contributed by atoms with Crippen molar-refractivity contribution in [3.05, 3.63) is 0 Å². The molecule has 0 spiro atoms. The van der Waals surface area contributed by atoms with Crippen molar-refractivity contribution in [1.82, 2.24) is 0 Å². The molecule has 2 aliphatic rings. The molecule has 3 unspecified atom stereocenters. The zero-order chi connectivity index (χ0) is 16.5. The Kier molecular flexibility index (Phi) is 8.09. The van der Waals surface area contributed by atoms with E-state index in [1.165, 1.54) is 83.6 Å². The van der Waals surface area contributed by atoms with Crippen LogP contribution >= 0.6 is 0 Å². The molecule has 0 N–H and O–H groups in total. The first kappa shape index (κ1) is 19.0. The van der Waals surface area contributed by atoms with Gasteiger partial charge in [0, 0.05) is 18.8 Å². The quantitative estimate of drug-likeness (QED) is 0.347. The summed E-state index contributed by atoms with van der Waals surface area (Å²) in [6, 6.07) is 0. The molecule has 0 saturated carbocycles. The zero-order valence-electron chi connectivity index (χ0n) is 16.0. The molecule has 0 bridgehead atoms. The van der Waals surface area contributed by atoms with Crippen LogP contribution in [0.5, 0.6) is 0 Å². The molecule has 134 valence electrons. The molecule has 2 rings (SSSR count). The van der Waals surface area contributed by atoms with Gasteiger partial charge in [-0.05, 0) is 26.2 Å². The van der Waals surface area contributed by atoms with Crippen LogP contribution in [0.15, 0.2) is 0 Å². The lowest BCUT2D eigenvalue weighted by Crippen LogP contribution is -2.52. The van der Waals surface area contributed by atoms with Gasteiger partial charge >= 0.3 is 0 Å². The number of fused-ring (bicyclic) bond motifs is 1. The van der Waals surface area contributed by atoms with Gasteiger partial charge in [0.2, 0.25) is 0 Å². The maximum atomic E-state index is 6.43. The van der Waals surface area contributed by atoms with Crippen LogP contribution < -0.4 is 0 Å². The van der Waals surface area contributed by atoms with Crippen LogP contribution in [-0.2, 0) is 4.74 Å². The molecule has 0 aliphatic carbocycles. The Morgan fingerprint density at radius 1 is 1.00 bits per heavy atom. The first-order valence-electron chi connectivity index (χ1n) is 10.5. The average molecular weight is 323 g/mol. The van der Waals surface area contributed by atoms with Crippen molar-refractivity contribution < 1.29 is 9.31 Å². The summed E-state index contributed by atoms with van der Waals surface area (Å²) in [5.74, 6) is 1.54. The molecule has 2 nitrogen and oxygen atoms in total. The number of hydrogen-bond acceptors (Lipinski definition) is 1. The van der Waals surface area contributed by atoms with Gasteiger partial charge in [-0.15, -0.1) is 0 Å². The average Bonchev–Trinajstić information content (AvgIpc) is 2.96. The standard InChI is InChI=1S/C21H40NO/c1-4-7-9-11-14-20-17-19(13-10-8-5-2)18-22-16-12-15-21(20,22)23-6-3/h18-20H,4-17H2,1-3H3/q+1. The van der Waals surface area contributed by atoms with E-state index in [9.17, 15) is 0 Å². The minimum Gasteiger partial charge on any atom is -0.319 e. The van der Waals surface area contributed by atoms with Gasteiger partial charge in [-0.2, -0.15) is 0 Å². The van der Waals surface area contributed by atoms with Gasteiger partial charge in [0.15, 0.2) is 0 Å². The Bertz CT molecular complexity index is 365. The van der Waals surface area contributed by atoms with Crippen LogP contribution in [0.25, 0.3) is 0 Å². The Hall–Kier alpha value is -0.370. The fraction of sp³-hybridized carbons (Fsp3) is 0.952. The van der Waals surface area contributed by atoms with Gasteiger partial charge in [-0.3, -0.25) is 0 Å². The van der Waals surface area contributed by atoms with Crippen molar-refractivity contribution in [2.45, 2.75) is 104 Å².